The molecule has 1 aromatic carbocycles. The lowest BCUT2D eigenvalue weighted by Gasteiger charge is -2.10. The summed E-state index contributed by atoms with van der Waals surface area (Å²) >= 11 is 0. The van der Waals surface area contributed by atoms with Gasteiger partial charge in [-0.1, -0.05) is 0 Å². The molecule has 1 aliphatic heterocycles. The van der Waals surface area contributed by atoms with E-state index < -0.39 is 10.7 Å². The molecule has 1 unspecified atom stereocenters. The molecular formula is C12H15FN2O3. The Kier molecular flexibility index (Phi) is 4.09. The van der Waals surface area contributed by atoms with Gasteiger partial charge in [-0.15, -0.1) is 0 Å². The average Bonchev–Trinajstić information content (AvgIpc) is 2.84. The number of hydrogen-bond donors (Lipinski definition) is 1. The Labute approximate surface area is 104 Å². The van der Waals surface area contributed by atoms with E-state index in [2.05, 4.69) is 5.32 Å². The second-order valence-electron chi connectivity index (χ2n) is 4.36. The zero-order valence-corrected chi connectivity index (χ0v) is 9.89. The van der Waals surface area contributed by atoms with Crippen LogP contribution in [0.1, 0.15) is 12.8 Å². The first kappa shape index (κ1) is 12.8. The molecule has 0 bridgehead atoms. The Hall–Kier alpha value is -1.69. The third-order valence-corrected chi connectivity index (χ3v) is 3.05. The van der Waals surface area contributed by atoms with Crippen molar-refractivity contribution in [1.82, 2.24) is 0 Å². The van der Waals surface area contributed by atoms with Crippen LogP contribution in [0.2, 0.25) is 0 Å². The minimum absolute atomic E-state index is 0.224. The quantitative estimate of drug-likeness (QED) is 0.648. The molecule has 0 radical (unpaired) electrons. The van der Waals surface area contributed by atoms with E-state index in [0.717, 1.165) is 32.1 Å². The van der Waals surface area contributed by atoms with Crippen molar-refractivity contribution in [3.63, 3.8) is 0 Å². The predicted octanol–water partition coefficient (Wildman–Crippen LogP) is 2.57. The van der Waals surface area contributed by atoms with Crippen molar-refractivity contribution in [3.8, 4) is 0 Å². The monoisotopic (exact) mass is 254 g/mol. The average molecular weight is 254 g/mol. The number of nitrogens with one attached hydrogen (secondary N) is 1. The Bertz CT molecular complexity index is 433. The maximum atomic E-state index is 12.9. The van der Waals surface area contributed by atoms with Gasteiger partial charge >= 0.3 is 0 Å². The number of nitro groups is 1. The predicted molar refractivity (Wildman–Crippen MR) is 65.1 cm³/mol. The molecule has 2 rings (SSSR count). The minimum Gasteiger partial charge on any atom is -0.381 e. The first-order valence-corrected chi connectivity index (χ1v) is 5.92. The highest BCUT2D eigenvalue weighted by atomic mass is 19.1. The highest BCUT2D eigenvalue weighted by molar-refractivity contribution is 5.61. The lowest BCUT2D eigenvalue weighted by Crippen LogP contribution is -2.10. The van der Waals surface area contributed by atoms with E-state index in [-0.39, 0.29) is 5.69 Å². The SMILES string of the molecule is O=[N+]([O-])c1cc(F)ccc1NCCC1CCOC1. The van der Waals surface area contributed by atoms with Crippen molar-refractivity contribution in [2.24, 2.45) is 5.92 Å². The van der Waals surface area contributed by atoms with Gasteiger partial charge in [-0.25, -0.2) is 4.39 Å². The van der Waals surface area contributed by atoms with E-state index in [4.69, 9.17) is 4.74 Å². The third-order valence-electron chi connectivity index (χ3n) is 3.05. The summed E-state index contributed by atoms with van der Waals surface area (Å²) in [6.07, 6.45) is 1.93. The number of halogens is 1. The first-order valence-electron chi connectivity index (χ1n) is 5.92. The fourth-order valence-electron chi connectivity index (χ4n) is 2.03. The largest absolute Gasteiger partial charge is 0.381 e. The van der Waals surface area contributed by atoms with Crippen molar-refractivity contribution in [1.29, 1.82) is 0 Å². The summed E-state index contributed by atoms with van der Waals surface area (Å²) in [6, 6.07) is 3.55. The van der Waals surface area contributed by atoms with Crippen LogP contribution in [0.3, 0.4) is 0 Å². The molecule has 1 aromatic rings. The summed E-state index contributed by atoms with van der Waals surface area (Å²) in [4.78, 5) is 10.2. The Morgan fingerprint density at radius 1 is 1.56 bits per heavy atom. The zero-order chi connectivity index (χ0) is 13.0. The minimum atomic E-state index is -0.601. The van der Waals surface area contributed by atoms with Gasteiger partial charge in [0.15, 0.2) is 0 Å². The smallest absolute Gasteiger partial charge is 0.295 e. The zero-order valence-electron chi connectivity index (χ0n) is 9.89. The van der Waals surface area contributed by atoms with Gasteiger partial charge in [0.25, 0.3) is 5.69 Å². The van der Waals surface area contributed by atoms with Crippen molar-refractivity contribution >= 4 is 11.4 Å². The lowest BCUT2D eigenvalue weighted by atomic mass is 10.1. The highest BCUT2D eigenvalue weighted by Gasteiger charge is 2.17. The Morgan fingerprint density at radius 3 is 3.06 bits per heavy atom. The number of nitrogens with zero attached hydrogens (tertiary/aromatic N) is 1. The molecule has 1 N–H and O–H groups in total. The second-order valence-corrected chi connectivity index (χ2v) is 4.36. The van der Waals surface area contributed by atoms with Crippen molar-refractivity contribution in [2.75, 3.05) is 25.1 Å². The molecule has 0 saturated carbocycles. The van der Waals surface area contributed by atoms with Gasteiger partial charge in [-0.2, -0.15) is 0 Å². The summed E-state index contributed by atoms with van der Waals surface area (Å²) in [5.74, 6) is -0.0894. The molecule has 1 fully saturated rings. The van der Waals surface area contributed by atoms with Gasteiger partial charge in [0.2, 0.25) is 0 Å². The third kappa shape index (κ3) is 3.16. The molecule has 1 heterocycles. The summed E-state index contributed by atoms with van der Waals surface area (Å²) in [7, 11) is 0. The summed E-state index contributed by atoms with van der Waals surface area (Å²) in [5, 5.41) is 13.8. The lowest BCUT2D eigenvalue weighted by molar-refractivity contribution is -0.384. The van der Waals surface area contributed by atoms with Gasteiger partial charge in [-0.3, -0.25) is 10.1 Å². The topological polar surface area (TPSA) is 64.4 Å². The van der Waals surface area contributed by atoms with Crippen molar-refractivity contribution in [3.05, 3.63) is 34.1 Å². The summed E-state index contributed by atoms with van der Waals surface area (Å²) in [5.41, 5.74) is 0.137. The van der Waals surface area contributed by atoms with Crippen LogP contribution in [-0.2, 0) is 4.74 Å². The van der Waals surface area contributed by atoms with Crippen molar-refractivity contribution < 1.29 is 14.1 Å². The van der Waals surface area contributed by atoms with Crippen molar-refractivity contribution in [2.45, 2.75) is 12.8 Å². The van der Waals surface area contributed by atoms with Crippen LogP contribution in [-0.4, -0.2) is 24.7 Å². The van der Waals surface area contributed by atoms with E-state index in [1.54, 1.807) is 0 Å². The fraction of sp³-hybridized carbons (Fsp3) is 0.500. The molecule has 98 valence electrons. The van der Waals surface area contributed by atoms with E-state index in [9.17, 15) is 14.5 Å². The van der Waals surface area contributed by atoms with E-state index in [1.807, 2.05) is 0 Å². The molecule has 6 heteroatoms. The van der Waals surface area contributed by atoms with Gasteiger partial charge in [0, 0.05) is 19.8 Å². The maximum Gasteiger partial charge on any atom is 0.295 e. The van der Waals surface area contributed by atoms with Crippen LogP contribution in [0.25, 0.3) is 0 Å². The highest BCUT2D eigenvalue weighted by Crippen LogP contribution is 2.25. The van der Waals surface area contributed by atoms with Crippen LogP contribution in [0.5, 0.6) is 0 Å². The standard InChI is InChI=1S/C12H15FN2O3/c13-10-1-2-11(12(7-10)15(16)17)14-5-3-9-4-6-18-8-9/h1-2,7,9,14H,3-6,8H2. The maximum absolute atomic E-state index is 12.9. The van der Waals surface area contributed by atoms with E-state index in [0.29, 0.717) is 18.2 Å². The second kappa shape index (κ2) is 5.77. The number of ether oxygens (including phenoxy) is 1. The van der Waals surface area contributed by atoms with Gasteiger partial charge in [0.05, 0.1) is 11.0 Å². The van der Waals surface area contributed by atoms with Crippen LogP contribution in [0, 0.1) is 21.8 Å². The molecule has 1 aliphatic rings. The summed E-state index contributed by atoms with van der Waals surface area (Å²) in [6.45, 7) is 2.18. The number of anilines is 1. The van der Waals surface area contributed by atoms with Gasteiger partial charge < -0.3 is 10.1 Å². The van der Waals surface area contributed by atoms with E-state index >= 15 is 0 Å². The molecule has 18 heavy (non-hydrogen) atoms. The molecule has 0 aliphatic carbocycles. The molecule has 0 amide bonds. The van der Waals surface area contributed by atoms with Gasteiger partial charge in [-0.05, 0) is 30.9 Å². The first-order chi connectivity index (χ1) is 8.66. The van der Waals surface area contributed by atoms with E-state index in [1.165, 1.54) is 12.1 Å². The van der Waals surface area contributed by atoms with Crippen LogP contribution in [0.15, 0.2) is 18.2 Å². The molecule has 0 spiro atoms. The normalized spacial score (nSPS) is 18.8. The molecule has 5 nitrogen and oxygen atoms in total. The van der Waals surface area contributed by atoms with Crippen LogP contribution in [0.4, 0.5) is 15.8 Å². The number of hydrogen-bond acceptors (Lipinski definition) is 4. The number of nitro benzene ring substituents is 1. The summed E-state index contributed by atoms with van der Waals surface area (Å²) < 4.78 is 18.2. The Morgan fingerprint density at radius 2 is 2.39 bits per heavy atom. The van der Waals surface area contributed by atoms with Crippen LogP contribution >= 0.6 is 0 Å². The Balaban J connectivity index is 1.93. The number of rotatable bonds is 5. The fourth-order valence-corrected chi connectivity index (χ4v) is 2.03. The van der Waals surface area contributed by atoms with Gasteiger partial charge in [0.1, 0.15) is 11.5 Å². The van der Waals surface area contributed by atoms with Crippen LogP contribution < -0.4 is 5.32 Å². The molecule has 1 atom stereocenters. The number of benzene rings is 1. The molecule has 1 saturated heterocycles. The molecule has 0 aromatic heterocycles. The molecular weight excluding hydrogens is 239 g/mol.